The lowest BCUT2D eigenvalue weighted by molar-refractivity contribution is 0.0339. The Morgan fingerprint density at radius 1 is 1.05 bits per heavy atom. The third-order valence-corrected chi connectivity index (χ3v) is 8.34. The maximum atomic E-state index is 13.2. The highest BCUT2D eigenvalue weighted by Gasteiger charge is 2.37. The number of rotatable bonds is 9. The molecule has 1 fully saturated rings. The molecule has 2 atom stereocenters. The van der Waals surface area contributed by atoms with Crippen LogP contribution in [-0.4, -0.2) is 68.0 Å². The molecule has 2 heterocycles. The molecule has 1 aliphatic rings. The molecule has 2 unspecified atom stereocenters. The van der Waals surface area contributed by atoms with Crippen LogP contribution in [0.4, 0.5) is 0 Å². The van der Waals surface area contributed by atoms with Crippen molar-refractivity contribution in [2.45, 2.75) is 38.4 Å². The number of aromatic nitrogens is 1. The summed E-state index contributed by atoms with van der Waals surface area (Å²) in [6, 6.07) is 16.5. The number of sulfonamides is 1. The van der Waals surface area contributed by atoms with Crippen LogP contribution in [0.2, 0.25) is 0 Å². The fourth-order valence-corrected chi connectivity index (χ4v) is 5.60. The highest BCUT2D eigenvalue weighted by Crippen LogP contribution is 2.25. The second-order valence-electron chi connectivity index (χ2n) is 9.48. The van der Waals surface area contributed by atoms with Gasteiger partial charge in [0, 0.05) is 38.7 Å². The number of pyridine rings is 1. The summed E-state index contributed by atoms with van der Waals surface area (Å²) >= 11 is 0. The number of ether oxygens (including phenoxy) is 2. The molecule has 1 saturated heterocycles. The van der Waals surface area contributed by atoms with E-state index in [1.165, 1.54) is 4.31 Å². The summed E-state index contributed by atoms with van der Waals surface area (Å²) in [5.41, 5.74) is 4.07. The van der Waals surface area contributed by atoms with Crippen molar-refractivity contribution in [2.75, 3.05) is 27.2 Å². The molecule has 196 valence electrons. The molecule has 0 saturated carbocycles. The molecule has 0 N–H and O–H groups in total. The van der Waals surface area contributed by atoms with Crippen LogP contribution in [0.15, 0.2) is 67.0 Å². The molecule has 0 aliphatic carbocycles. The van der Waals surface area contributed by atoms with Crippen molar-refractivity contribution in [1.29, 1.82) is 0 Å². The molecule has 1 amide bonds. The minimum absolute atomic E-state index is 0.0501. The highest BCUT2D eigenvalue weighted by atomic mass is 32.2. The minimum Gasteiger partial charge on any atom is -0.486 e. The number of methoxy groups -OCH3 is 1. The summed E-state index contributed by atoms with van der Waals surface area (Å²) in [6.07, 6.45) is 2.63. The summed E-state index contributed by atoms with van der Waals surface area (Å²) in [5.74, 6) is 0.331. The highest BCUT2D eigenvalue weighted by molar-refractivity contribution is 7.88. The molecule has 0 bridgehead atoms. The van der Waals surface area contributed by atoms with Crippen molar-refractivity contribution in [3.63, 3.8) is 0 Å². The van der Waals surface area contributed by atoms with Crippen molar-refractivity contribution < 1.29 is 22.7 Å². The molecular weight excluding hydrogens is 490 g/mol. The van der Waals surface area contributed by atoms with Crippen LogP contribution in [0.1, 0.15) is 32.6 Å². The lowest BCUT2D eigenvalue weighted by Gasteiger charge is -2.20. The predicted molar refractivity (Wildman–Crippen MR) is 142 cm³/mol. The zero-order valence-electron chi connectivity index (χ0n) is 21.6. The van der Waals surface area contributed by atoms with E-state index in [0.717, 1.165) is 16.7 Å². The van der Waals surface area contributed by atoms with Gasteiger partial charge in [-0.05, 0) is 54.8 Å². The summed E-state index contributed by atoms with van der Waals surface area (Å²) in [6.45, 7) is 4.93. The Hall–Kier alpha value is -3.27. The second-order valence-corrected chi connectivity index (χ2v) is 11.6. The zero-order chi connectivity index (χ0) is 26.6. The van der Waals surface area contributed by atoms with Crippen LogP contribution in [-0.2, 0) is 27.1 Å². The molecule has 8 nitrogen and oxygen atoms in total. The first kappa shape index (κ1) is 26.8. The van der Waals surface area contributed by atoms with Crippen molar-refractivity contribution in [1.82, 2.24) is 14.2 Å². The van der Waals surface area contributed by atoms with Crippen molar-refractivity contribution >= 4 is 15.9 Å². The van der Waals surface area contributed by atoms with E-state index in [-0.39, 0.29) is 30.4 Å². The maximum absolute atomic E-state index is 13.2. The first-order valence-electron chi connectivity index (χ1n) is 12.1. The van der Waals surface area contributed by atoms with Gasteiger partial charge in [0.2, 0.25) is 10.0 Å². The van der Waals surface area contributed by atoms with E-state index in [1.807, 2.05) is 38.1 Å². The number of benzene rings is 2. The van der Waals surface area contributed by atoms with Gasteiger partial charge in [0.05, 0.1) is 18.8 Å². The lowest BCUT2D eigenvalue weighted by atomic mass is 10.0. The molecule has 2 aromatic carbocycles. The Bertz CT molecular complexity index is 1350. The summed E-state index contributed by atoms with van der Waals surface area (Å²) < 4.78 is 39.1. The molecule has 0 radical (unpaired) electrons. The van der Waals surface area contributed by atoms with Crippen LogP contribution < -0.4 is 4.74 Å². The van der Waals surface area contributed by atoms with E-state index in [0.29, 0.717) is 30.0 Å². The van der Waals surface area contributed by atoms with Gasteiger partial charge in [-0.15, -0.1) is 0 Å². The number of likely N-dealkylation sites (tertiary alicyclic amines) is 1. The van der Waals surface area contributed by atoms with Gasteiger partial charge in [-0.2, -0.15) is 0 Å². The fraction of sp³-hybridized carbons (Fsp3) is 0.357. The van der Waals surface area contributed by atoms with Crippen LogP contribution in [0.25, 0.3) is 0 Å². The third-order valence-electron chi connectivity index (χ3n) is 6.57. The number of nitrogens with zero attached hydrogens (tertiary/aromatic N) is 3. The topological polar surface area (TPSA) is 89.0 Å². The minimum atomic E-state index is -3.56. The van der Waals surface area contributed by atoms with Crippen molar-refractivity contribution in [3.8, 4) is 5.75 Å². The predicted octanol–water partition coefficient (Wildman–Crippen LogP) is 3.58. The van der Waals surface area contributed by atoms with E-state index in [1.54, 1.807) is 61.8 Å². The molecule has 4 rings (SSSR count). The molecule has 3 aromatic rings. The Kier molecular flexibility index (Phi) is 8.26. The van der Waals surface area contributed by atoms with Gasteiger partial charge >= 0.3 is 0 Å². The van der Waals surface area contributed by atoms with Crippen LogP contribution >= 0.6 is 0 Å². The number of aryl methyl sites for hydroxylation is 2. The maximum Gasteiger partial charge on any atom is 0.254 e. The van der Waals surface area contributed by atoms with Crippen LogP contribution in [0, 0.1) is 13.8 Å². The van der Waals surface area contributed by atoms with E-state index < -0.39 is 10.0 Å². The largest absolute Gasteiger partial charge is 0.486 e. The van der Waals surface area contributed by atoms with E-state index >= 15 is 0 Å². The Morgan fingerprint density at radius 2 is 1.81 bits per heavy atom. The van der Waals surface area contributed by atoms with Gasteiger partial charge in [0.15, 0.2) is 0 Å². The number of hydrogen-bond donors (Lipinski definition) is 0. The first-order chi connectivity index (χ1) is 17.7. The quantitative estimate of drug-likeness (QED) is 0.426. The van der Waals surface area contributed by atoms with Gasteiger partial charge in [0.1, 0.15) is 18.0 Å². The molecule has 9 heteroatoms. The number of amides is 1. The molecule has 0 spiro atoms. The Balaban J connectivity index is 1.43. The summed E-state index contributed by atoms with van der Waals surface area (Å²) in [7, 11) is -0.390. The first-order valence-corrected chi connectivity index (χ1v) is 13.7. The van der Waals surface area contributed by atoms with Crippen LogP contribution in [0.3, 0.4) is 0 Å². The van der Waals surface area contributed by atoms with E-state index in [4.69, 9.17) is 9.47 Å². The Morgan fingerprint density at radius 3 is 2.54 bits per heavy atom. The SMILES string of the molecule is COC1CN(C(=O)c2cc(C)ccc2C)CC1Oc1cccc(CS(=O)(=O)N(C)Cc2cccnc2)c1. The number of carbonyl (C=O) groups excluding carboxylic acids is 1. The second kappa shape index (κ2) is 11.4. The lowest BCUT2D eigenvalue weighted by Crippen LogP contribution is -2.32. The number of hydrogen-bond acceptors (Lipinski definition) is 6. The van der Waals surface area contributed by atoms with Gasteiger partial charge in [0.25, 0.3) is 5.91 Å². The monoisotopic (exact) mass is 523 g/mol. The van der Waals surface area contributed by atoms with Gasteiger partial charge in [-0.3, -0.25) is 9.78 Å². The normalized spacial score (nSPS) is 17.8. The Labute approximate surface area is 218 Å². The van der Waals surface area contributed by atoms with Crippen molar-refractivity contribution in [3.05, 3.63) is 94.8 Å². The van der Waals surface area contributed by atoms with E-state index in [2.05, 4.69) is 4.98 Å². The molecule has 37 heavy (non-hydrogen) atoms. The average molecular weight is 524 g/mol. The van der Waals surface area contributed by atoms with Gasteiger partial charge < -0.3 is 14.4 Å². The molecule has 1 aromatic heterocycles. The zero-order valence-corrected chi connectivity index (χ0v) is 22.4. The summed E-state index contributed by atoms with van der Waals surface area (Å²) in [4.78, 5) is 19.0. The van der Waals surface area contributed by atoms with Crippen LogP contribution in [0.5, 0.6) is 5.75 Å². The third kappa shape index (κ3) is 6.54. The standard InChI is InChI=1S/C28H33N3O5S/c1-20-10-11-21(2)25(13-20)28(32)31-17-26(35-4)27(18-31)36-24-9-5-7-22(14-24)19-37(33,34)30(3)16-23-8-6-12-29-15-23/h5-15,26-27H,16-19H2,1-4H3. The average Bonchev–Trinajstić information content (AvgIpc) is 3.28. The molecule has 1 aliphatic heterocycles. The summed E-state index contributed by atoms with van der Waals surface area (Å²) in [5, 5.41) is 0. The van der Waals surface area contributed by atoms with Crippen molar-refractivity contribution in [2.24, 2.45) is 0 Å². The van der Waals surface area contributed by atoms with Gasteiger partial charge in [-0.25, -0.2) is 12.7 Å². The van der Waals surface area contributed by atoms with Gasteiger partial charge in [-0.1, -0.05) is 35.9 Å². The smallest absolute Gasteiger partial charge is 0.254 e. The van der Waals surface area contributed by atoms with E-state index in [9.17, 15) is 13.2 Å². The molecular formula is C28H33N3O5S. The fourth-order valence-electron chi connectivity index (χ4n) is 4.44. The number of carbonyl (C=O) groups is 1.